The maximum atomic E-state index is 5.62. The van der Waals surface area contributed by atoms with E-state index in [9.17, 15) is 0 Å². The quantitative estimate of drug-likeness (QED) is 0.706. The van der Waals surface area contributed by atoms with E-state index in [1.807, 2.05) is 0 Å². The molecule has 0 unspecified atom stereocenters. The molecule has 1 heterocycles. The normalized spacial score (nSPS) is 9.92. The summed E-state index contributed by atoms with van der Waals surface area (Å²) in [7, 11) is 1.53. The maximum Gasteiger partial charge on any atom is 0.225 e. The molecule has 0 aliphatic rings. The summed E-state index contributed by atoms with van der Waals surface area (Å²) in [5.41, 5.74) is 6.16. The first-order valence-electron chi connectivity index (χ1n) is 3.53. The van der Waals surface area contributed by atoms with Crippen molar-refractivity contribution in [3.63, 3.8) is 0 Å². The van der Waals surface area contributed by atoms with Gasteiger partial charge in [0.1, 0.15) is 0 Å². The van der Waals surface area contributed by atoms with Crippen LogP contribution in [0.4, 0.5) is 0 Å². The third-order valence-corrected chi connectivity index (χ3v) is 1.51. The summed E-state index contributed by atoms with van der Waals surface area (Å²) in [6.07, 6.45) is 0.679. The molecule has 2 N–H and O–H groups in total. The molecule has 0 fully saturated rings. The molecule has 0 spiro atoms. The lowest BCUT2D eigenvalue weighted by Crippen LogP contribution is -2.05. The van der Waals surface area contributed by atoms with Gasteiger partial charge in [0.05, 0.1) is 12.8 Å². The van der Waals surface area contributed by atoms with Crippen LogP contribution >= 0.6 is 11.6 Å². The summed E-state index contributed by atoms with van der Waals surface area (Å²) >= 11 is 5.62. The van der Waals surface area contributed by atoms with Crippen LogP contribution in [-0.4, -0.2) is 23.6 Å². The molecule has 1 aromatic rings. The molecule has 0 amide bonds. The van der Waals surface area contributed by atoms with Gasteiger partial charge < -0.3 is 10.5 Å². The zero-order valence-corrected chi connectivity index (χ0v) is 7.51. The second kappa shape index (κ2) is 4.23. The van der Waals surface area contributed by atoms with Gasteiger partial charge in [-0.1, -0.05) is 0 Å². The molecule has 12 heavy (non-hydrogen) atoms. The number of halogens is 1. The Morgan fingerprint density at radius 2 is 2.33 bits per heavy atom. The number of nitrogens with two attached hydrogens (primary N) is 1. The molecule has 1 aromatic heterocycles. The number of methoxy groups -OCH3 is 1. The van der Waals surface area contributed by atoms with E-state index in [0.29, 0.717) is 18.8 Å². The molecule has 0 aliphatic carbocycles. The van der Waals surface area contributed by atoms with E-state index in [-0.39, 0.29) is 5.28 Å². The van der Waals surface area contributed by atoms with Gasteiger partial charge in [0.15, 0.2) is 0 Å². The topological polar surface area (TPSA) is 61.0 Å². The summed E-state index contributed by atoms with van der Waals surface area (Å²) in [6.45, 7) is 0.538. The predicted octanol–water partition coefficient (Wildman–Crippen LogP) is 0.640. The largest absolute Gasteiger partial charge is 0.481 e. The second-order valence-electron chi connectivity index (χ2n) is 2.21. The Morgan fingerprint density at radius 1 is 1.58 bits per heavy atom. The number of rotatable bonds is 3. The lowest BCUT2D eigenvalue weighted by atomic mass is 10.3. The van der Waals surface area contributed by atoms with Gasteiger partial charge in [0.25, 0.3) is 0 Å². The fraction of sp³-hybridized carbons (Fsp3) is 0.429. The molecule has 66 valence electrons. The SMILES string of the molecule is COc1cc(CCN)nc(Cl)n1. The summed E-state index contributed by atoms with van der Waals surface area (Å²) < 4.78 is 4.91. The van der Waals surface area contributed by atoms with Crippen molar-refractivity contribution in [2.75, 3.05) is 13.7 Å². The average Bonchev–Trinajstić information content (AvgIpc) is 2.04. The maximum absolute atomic E-state index is 5.62. The number of ether oxygens (including phenoxy) is 1. The first-order chi connectivity index (χ1) is 5.76. The lowest BCUT2D eigenvalue weighted by molar-refractivity contribution is 0.396. The van der Waals surface area contributed by atoms with Gasteiger partial charge in [-0.3, -0.25) is 0 Å². The van der Waals surface area contributed by atoms with Crippen LogP contribution < -0.4 is 10.5 Å². The third kappa shape index (κ3) is 2.32. The molecule has 0 atom stereocenters. The van der Waals surface area contributed by atoms with E-state index in [4.69, 9.17) is 22.1 Å². The Balaban J connectivity index is 2.90. The van der Waals surface area contributed by atoms with Gasteiger partial charge in [-0.2, -0.15) is 4.98 Å². The number of hydrogen-bond acceptors (Lipinski definition) is 4. The Bertz CT molecular complexity index is 267. The van der Waals surface area contributed by atoms with E-state index in [0.717, 1.165) is 5.69 Å². The van der Waals surface area contributed by atoms with Crippen molar-refractivity contribution < 1.29 is 4.74 Å². The number of hydrogen-bond donors (Lipinski definition) is 1. The standard InChI is InChI=1S/C7H10ClN3O/c1-12-6-4-5(2-3-9)10-7(8)11-6/h4H,2-3,9H2,1H3. The summed E-state index contributed by atoms with van der Waals surface area (Å²) in [5.74, 6) is 0.471. The molecular formula is C7H10ClN3O. The van der Waals surface area contributed by atoms with Crippen LogP contribution in [-0.2, 0) is 6.42 Å². The van der Waals surface area contributed by atoms with Crippen LogP contribution in [0.5, 0.6) is 5.88 Å². The molecule has 0 saturated heterocycles. The van der Waals surface area contributed by atoms with Crippen molar-refractivity contribution >= 4 is 11.6 Å². The van der Waals surface area contributed by atoms with Crippen molar-refractivity contribution in [3.8, 4) is 5.88 Å². The molecule has 1 rings (SSSR count). The second-order valence-corrected chi connectivity index (χ2v) is 2.55. The summed E-state index contributed by atoms with van der Waals surface area (Å²) in [5, 5.41) is 0.192. The molecule has 4 nitrogen and oxygen atoms in total. The summed E-state index contributed by atoms with van der Waals surface area (Å²) in [6, 6.07) is 1.72. The van der Waals surface area contributed by atoms with Crippen LogP contribution in [0.1, 0.15) is 5.69 Å². The van der Waals surface area contributed by atoms with E-state index in [1.54, 1.807) is 6.07 Å². The fourth-order valence-corrected chi connectivity index (χ4v) is 1.01. The van der Waals surface area contributed by atoms with E-state index in [1.165, 1.54) is 7.11 Å². The van der Waals surface area contributed by atoms with Crippen LogP contribution in [0.25, 0.3) is 0 Å². The zero-order valence-electron chi connectivity index (χ0n) is 6.75. The Hall–Kier alpha value is -0.870. The Morgan fingerprint density at radius 3 is 2.92 bits per heavy atom. The minimum atomic E-state index is 0.192. The highest BCUT2D eigenvalue weighted by molar-refractivity contribution is 6.28. The molecule has 0 aliphatic heterocycles. The van der Waals surface area contributed by atoms with Gasteiger partial charge in [0.2, 0.25) is 11.2 Å². The lowest BCUT2D eigenvalue weighted by Gasteiger charge is -2.01. The Kier molecular flexibility index (Phi) is 3.25. The minimum absolute atomic E-state index is 0.192. The Labute approximate surface area is 75.7 Å². The average molecular weight is 188 g/mol. The van der Waals surface area contributed by atoms with Crippen LogP contribution in [0, 0.1) is 0 Å². The fourth-order valence-electron chi connectivity index (χ4n) is 0.822. The molecule has 5 heteroatoms. The van der Waals surface area contributed by atoms with E-state index >= 15 is 0 Å². The van der Waals surface area contributed by atoms with E-state index in [2.05, 4.69) is 9.97 Å². The van der Waals surface area contributed by atoms with Crippen molar-refractivity contribution in [2.45, 2.75) is 6.42 Å². The van der Waals surface area contributed by atoms with Crippen molar-refractivity contribution in [1.82, 2.24) is 9.97 Å². The number of nitrogens with zero attached hydrogens (tertiary/aromatic N) is 2. The smallest absolute Gasteiger partial charge is 0.225 e. The third-order valence-electron chi connectivity index (χ3n) is 1.34. The summed E-state index contributed by atoms with van der Waals surface area (Å²) in [4.78, 5) is 7.79. The van der Waals surface area contributed by atoms with Crippen molar-refractivity contribution in [2.24, 2.45) is 5.73 Å². The first kappa shape index (κ1) is 9.22. The monoisotopic (exact) mass is 187 g/mol. The van der Waals surface area contributed by atoms with Gasteiger partial charge in [0, 0.05) is 12.5 Å². The van der Waals surface area contributed by atoms with Gasteiger partial charge in [-0.25, -0.2) is 4.98 Å². The molecule has 0 bridgehead atoms. The number of aromatic nitrogens is 2. The van der Waals surface area contributed by atoms with Crippen LogP contribution in [0.3, 0.4) is 0 Å². The van der Waals surface area contributed by atoms with Gasteiger partial charge in [-0.15, -0.1) is 0 Å². The first-order valence-corrected chi connectivity index (χ1v) is 3.91. The highest BCUT2D eigenvalue weighted by Gasteiger charge is 2.01. The molecule has 0 saturated carbocycles. The highest BCUT2D eigenvalue weighted by atomic mass is 35.5. The van der Waals surface area contributed by atoms with Crippen molar-refractivity contribution in [1.29, 1.82) is 0 Å². The van der Waals surface area contributed by atoms with Crippen LogP contribution in [0.15, 0.2) is 6.07 Å². The highest BCUT2D eigenvalue weighted by Crippen LogP contribution is 2.11. The van der Waals surface area contributed by atoms with Gasteiger partial charge in [-0.05, 0) is 18.1 Å². The zero-order chi connectivity index (χ0) is 8.97. The predicted molar refractivity (Wildman–Crippen MR) is 46.4 cm³/mol. The minimum Gasteiger partial charge on any atom is -0.481 e. The van der Waals surface area contributed by atoms with Crippen LogP contribution in [0.2, 0.25) is 5.28 Å². The van der Waals surface area contributed by atoms with Crippen molar-refractivity contribution in [3.05, 3.63) is 17.0 Å². The molecular weight excluding hydrogens is 178 g/mol. The molecule has 0 aromatic carbocycles. The van der Waals surface area contributed by atoms with E-state index < -0.39 is 0 Å². The molecule has 0 radical (unpaired) electrons. The van der Waals surface area contributed by atoms with Gasteiger partial charge >= 0.3 is 0 Å².